The van der Waals surface area contributed by atoms with Crippen LogP contribution in [0.15, 0.2) is 22.7 Å². The predicted molar refractivity (Wildman–Crippen MR) is 75.9 cm³/mol. The van der Waals surface area contributed by atoms with E-state index in [1.807, 2.05) is 18.2 Å². The highest BCUT2D eigenvalue weighted by molar-refractivity contribution is 9.10. The molecule has 3 N–H and O–H groups in total. The van der Waals surface area contributed by atoms with Crippen molar-refractivity contribution in [1.29, 1.82) is 0 Å². The molecule has 0 unspecified atom stereocenters. The van der Waals surface area contributed by atoms with Crippen molar-refractivity contribution in [2.75, 3.05) is 5.32 Å². The smallest absolute Gasteiger partial charge is 0.106 e. The van der Waals surface area contributed by atoms with E-state index in [1.54, 1.807) is 0 Å². The largest absolute Gasteiger partial charge is 0.389 e. The van der Waals surface area contributed by atoms with E-state index < -0.39 is 0 Å². The molecule has 0 aromatic heterocycles. The van der Waals surface area contributed by atoms with E-state index in [0.29, 0.717) is 11.0 Å². The molecule has 1 saturated carbocycles. The molecule has 16 heavy (non-hydrogen) atoms. The topological polar surface area (TPSA) is 38.0 Å². The van der Waals surface area contributed by atoms with Crippen LogP contribution in [0.5, 0.6) is 0 Å². The van der Waals surface area contributed by atoms with Crippen molar-refractivity contribution in [3.05, 3.63) is 28.2 Å². The van der Waals surface area contributed by atoms with Crippen molar-refractivity contribution >= 4 is 38.8 Å². The van der Waals surface area contributed by atoms with Crippen LogP contribution in [0.1, 0.15) is 31.2 Å². The van der Waals surface area contributed by atoms with E-state index in [2.05, 4.69) is 21.2 Å². The van der Waals surface area contributed by atoms with E-state index in [4.69, 9.17) is 18.0 Å². The minimum absolute atomic E-state index is 0.452. The van der Waals surface area contributed by atoms with Crippen LogP contribution in [0.4, 0.5) is 5.69 Å². The third kappa shape index (κ3) is 2.74. The molecule has 1 aromatic carbocycles. The number of anilines is 1. The second kappa shape index (κ2) is 5.15. The van der Waals surface area contributed by atoms with Gasteiger partial charge in [-0.25, -0.2) is 0 Å². The molecule has 0 aliphatic heterocycles. The lowest BCUT2D eigenvalue weighted by atomic mass is 10.1. The standard InChI is InChI=1S/C12H15BrN2S/c13-8-5-6-10(12(14)16)11(7-8)15-9-3-1-2-4-9/h5-7,9,15H,1-4H2,(H2,14,16). The summed E-state index contributed by atoms with van der Waals surface area (Å²) in [5.41, 5.74) is 7.70. The molecule has 0 heterocycles. The van der Waals surface area contributed by atoms with E-state index >= 15 is 0 Å². The first-order chi connectivity index (χ1) is 7.66. The maximum atomic E-state index is 5.72. The molecular formula is C12H15BrN2S. The molecule has 2 nitrogen and oxygen atoms in total. The van der Waals surface area contributed by atoms with Crippen LogP contribution < -0.4 is 11.1 Å². The molecule has 1 aliphatic rings. The minimum atomic E-state index is 0.452. The van der Waals surface area contributed by atoms with Gasteiger partial charge in [0.15, 0.2) is 0 Å². The number of nitrogens with one attached hydrogen (secondary N) is 1. The first-order valence-electron chi connectivity index (χ1n) is 5.52. The third-order valence-electron chi connectivity index (χ3n) is 2.96. The molecule has 1 fully saturated rings. The molecule has 1 aliphatic carbocycles. The van der Waals surface area contributed by atoms with Gasteiger partial charge in [0.05, 0.1) is 0 Å². The number of nitrogens with two attached hydrogens (primary N) is 1. The Morgan fingerprint density at radius 3 is 2.69 bits per heavy atom. The SMILES string of the molecule is NC(=S)c1ccc(Br)cc1NC1CCCC1. The molecule has 0 spiro atoms. The highest BCUT2D eigenvalue weighted by Gasteiger charge is 2.16. The number of rotatable bonds is 3. The van der Waals surface area contributed by atoms with Crippen LogP contribution in [-0.2, 0) is 0 Å². The van der Waals surface area contributed by atoms with Gasteiger partial charge in [0.25, 0.3) is 0 Å². The van der Waals surface area contributed by atoms with Gasteiger partial charge in [-0.3, -0.25) is 0 Å². The lowest BCUT2D eigenvalue weighted by molar-refractivity contribution is 0.755. The molecule has 1 aromatic rings. The van der Waals surface area contributed by atoms with Gasteiger partial charge in [-0.1, -0.05) is 41.0 Å². The van der Waals surface area contributed by atoms with Crippen molar-refractivity contribution in [2.45, 2.75) is 31.7 Å². The maximum absolute atomic E-state index is 5.72. The lowest BCUT2D eigenvalue weighted by Crippen LogP contribution is -2.19. The molecule has 0 saturated heterocycles. The monoisotopic (exact) mass is 298 g/mol. The summed E-state index contributed by atoms with van der Waals surface area (Å²) in [6.45, 7) is 0. The van der Waals surface area contributed by atoms with E-state index in [-0.39, 0.29) is 0 Å². The van der Waals surface area contributed by atoms with Gasteiger partial charge in [0.2, 0.25) is 0 Å². The first kappa shape index (κ1) is 11.9. The fraction of sp³-hybridized carbons (Fsp3) is 0.417. The Labute approximate surface area is 110 Å². The average molecular weight is 299 g/mol. The number of benzene rings is 1. The van der Waals surface area contributed by atoms with Gasteiger partial charge in [-0.2, -0.15) is 0 Å². The fourth-order valence-corrected chi connectivity index (χ4v) is 2.68. The van der Waals surface area contributed by atoms with Crippen molar-refractivity contribution in [3.63, 3.8) is 0 Å². The second-order valence-electron chi connectivity index (χ2n) is 4.18. The molecule has 0 bridgehead atoms. The van der Waals surface area contributed by atoms with Gasteiger partial charge >= 0.3 is 0 Å². The van der Waals surface area contributed by atoms with Crippen molar-refractivity contribution in [2.24, 2.45) is 5.73 Å². The number of hydrogen-bond acceptors (Lipinski definition) is 2. The van der Waals surface area contributed by atoms with E-state index in [1.165, 1.54) is 25.7 Å². The van der Waals surface area contributed by atoms with Crippen molar-refractivity contribution < 1.29 is 0 Å². The van der Waals surface area contributed by atoms with Crippen molar-refractivity contribution in [1.82, 2.24) is 0 Å². The summed E-state index contributed by atoms with van der Waals surface area (Å²) in [4.78, 5) is 0.452. The average Bonchev–Trinajstić information content (AvgIpc) is 2.70. The summed E-state index contributed by atoms with van der Waals surface area (Å²) in [7, 11) is 0. The minimum Gasteiger partial charge on any atom is -0.389 e. The predicted octanol–water partition coefficient (Wildman–Crippen LogP) is 3.44. The zero-order valence-electron chi connectivity index (χ0n) is 9.00. The zero-order chi connectivity index (χ0) is 11.5. The van der Waals surface area contributed by atoms with E-state index in [0.717, 1.165) is 15.7 Å². The van der Waals surface area contributed by atoms with Gasteiger partial charge in [-0.05, 0) is 31.0 Å². The molecule has 2 rings (SSSR count). The van der Waals surface area contributed by atoms with Crippen molar-refractivity contribution in [3.8, 4) is 0 Å². The van der Waals surface area contributed by atoms with Gasteiger partial charge in [0.1, 0.15) is 4.99 Å². The van der Waals surface area contributed by atoms with Gasteiger partial charge in [0, 0.05) is 21.8 Å². The van der Waals surface area contributed by atoms with Crippen LogP contribution in [-0.4, -0.2) is 11.0 Å². The Morgan fingerprint density at radius 2 is 2.06 bits per heavy atom. The van der Waals surface area contributed by atoms with Crippen LogP contribution in [0.2, 0.25) is 0 Å². The number of thiocarbonyl (C=S) groups is 1. The van der Waals surface area contributed by atoms with Crippen LogP contribution in [0.3, 0.4) is 0 Å². The molecule has 0 amide bonds. The lowest BCUT2D eigenvalue weighted by Gasteiger charge is -2.17. The normalized spacial score (nSPS) is 16.3. The molecule has 0 radical (unpaired) electrons. The zero-order valence-corrected chi connectivity index (χ0v) is 11.4. The fourth-order valence-electron chi connectivity index (χ4n) is 2.14. The van der Waals surface area contributed by atoms with E-state index in [9.17, 15) is 0 Å². The van der Waals surface area contributed by atoms with Gasteiger partial charge < -0.3 is 11.1 Å². The molecule has 0 atom stereocenters. The Morgan fingerprint density at radius 1 is 1.38 bits per heavy atom. The summed E-state index contributed by atoms with van der Waals surface area (Å²) < 4.78 is 1.05. The summed E-state index contributed by atoms with van der Waals surface area (Å²) in [5, 5.41) is 3.53. The Kier molecular flexibility index (Phi) is 3.82. The molecule has 4 heteroatoms. The molecular weight excluding hydrogens is 284 g/mol. The summed E-state index contributed by atoms with van der Waals surface area (Å²) in [5.74, 6) is 0. The first-order valence-corrected chi connectivity index (χ1v) is 6.73. The maximum Gasteiger partial charge on any atom is 0.106 e. The third-order valence-corrected chi connectivity index (χ3v) is 3.68. The van der Waals surface area contributed by atoms with Crippen LogP contribution >= 0.6 is 28.1 Å². The quantitative estimate of drug-likeness (QED) is 0.840. The summed E-state index contributed by atoms with van der Waals surface area (Å²) >= 11 is 8.53. The molecule has 86 valence electrons. The second-order valence-corrected chi connectivity index (χ2v) is 5.54. The van der Waals surface area contributed by atoms with Crippen LogP contribution in [0.25, 0.3) is 0 Å². The number of hydrogen-bond donors (Lipinski definition) is 2. The Hall–Kier alpha value is -0.610. The Bertz CT molecular complexity index is 400. The highest BCUT2D eigenvalue weighted by Crippen LogP contribution is 2.26. The Balaban J connectivity index is 2.22. The van der Waals surface area contributed by atoms with Crippen LogP contribution in [0, 0.1) is 0 Å². The van der Waals surface area contributed by atoms with Gasteiger partial charge in [-0.15, -0.1) is 0 Å². The summed E-state index contributed by atoms with van der Waals surface area (Å²) in [6.07, 6.45) is 5.11. The summed E-state index contributed by atoms with van der Waals surface area (Å²) in [6, 6.07) is 6.55. The number of halogens is 1. The highest BCUT2D eigenvalue weighted by atomic mass is 79.9.